The number of halogens is 3. The van der Waals surface area contributed by atoms with Crippen LogP contribution in [0.25, 0.3) is 0 Å². The number of anilines is 4. The molecule has 14 nitrogen and oxygen atoms in total. The van der Waals surface area contributed by atoms with Crippen molar-refractivity contribution < 1.29 is 22.8 Å². The Hall–Kier alpha value is -5.52. The molecule has 0 saturated carbocycles. The van der Waals surface area contributed by atoms with Crippen molar-refractivity contribution in [2.24, 2.45) is 0 Å². The van der Waals surface area contributed by atoms with Crippen LogP contribution in [-0.2, 0) is 35.2 Å². The highest BCUT2D eigenvalue weighted by atomic mass is 32.1. The van der Waals surface area contributed by atoms with Gasteiger partial charge in [-0.15, -0.1) is 25.5 Å². The zero-order chi connectivity index (χ0) is 33.5. The molecule has 5 aromatic rings. The highest BCUT2D eigenvalue weighted by Crippen LogP contribution is 2.29. The van der Waals surface area contributed by atoms with E-state index < -0.39 is 11.7 Å². The van der Waals surface area contributed by atoms with Gasteiger partial charge in [0.15, 0.2) is 11.6 Å². The van der Waals surface area contributed by atoms with Gasteiger partial charge < -0.3 is 20.9 Å². The molecule has 1 aliphatic rings. The van der Waals surface area contributed by atoms with Crippen LogP contribution in [0.15, 0.2) is 67.0 Å². The normalized spacial score (nSPS) is 14.6. The number of aryl methyl sites for hydroxylation is 1. The highest BCUT2D eigenvalue weighted by Gasteiger charge is 2.30. The molecule has 1 aromatic carbocycles. The van der Waals surface area contributed by atoms with Crippen LogP contribution in [0.5, 0.6) is 0 Å². The summed E-state index contributed by atoms with van der Waals surface area (Å²) in [5.41, 5.74) is 1.17. The molecule has 1 atom stereocenters. The Morgan fingerprint density at radius 1 is 0.896 bits per heavy atom. The lowest BCUT2D eigenvalue weighted by Gasteiger charge is -2.17. The summed E-state index contributed by atoms with van der Waals surface area (Å²) in [4.78, 5) is 31.0. The number of benzene rings is 1. The molecule has 0 unspecified atom stereocenters. The smallest absolute Gasteiger partial charge is 0.355 e. The quantitative estimate of drug-likeness (QED) is 0.175. The molecular weight excluding hydrogens is 649 g/mol. The van der Waals surface area contributed by atoms with Gasteiger partial charge in [0.25, 0.3) is 0 Å². The molecule has 0 radical (unpaired) electrons. The first-order chi connectivity index (χ1) is 23.2. The molecule has 4 aromatic heterocycles. The SMILES string of the molecule is O=C(CCc1cn(Cc2ccc(C(F)(F)F)cc2)nn1)Nc1ccc(N2CC[C@@H](Nc3nnc(NC(=O)Cc4ccccn4)s3)C2)nn1. The van der Waals surface area contributed by atoms with E-state index in [2.05, 4.69) is 56.5 Å². The number of carbonyl (C=O) groups excluding carboxylic acids is 2. The molecule has 1 aliphatic heterocycles. The summed E-state index contributed by atoms with van der Waals surface area (Å²) in [5.74, 6) is 0.490. The lowest BCUT2D eigenvalue weighted by atomic mass is 10.1. The van der Waals surface area contributed by atoms with Crippen LogP contribution < -0.4 is 20.9 Å². The van der Waals surface area contributed by atoms with Crippen molar-refractivity contribution in [3.05, 3.63) is 89.5 Å². The van der Waals surface area contributed by atoms with Crippen LogP contribution in [0.4, 0.5) is 35.1 Å². The number of aromatic nitrogens is 8. The van der Waals surface area contributed by atoms with Crippen LogP contribution in [0.1, 0.15) is 35.4 Å². The zero-order valence-corrected chi connectivity index (χ0v) is 26.1. The predicted octanol–water partition coefficient (Wildman–Crippen LogP) is 3.83. The second kappa shape index (κ2) is 14.5. The van der Waals surface area contributed by atoms with Gasteiger partial charge in [-0.2, -0.15) is 13.2 Å². The van der Waals surface area contributed by atoms with Crippen LogP contribution in [0.3, 0.4) is 0 Å². The fourth-order valence-corrected chi connectivity index (χ4v) is 5.68. The maximum Gasteiger partial charge on any atom is 0.416 e. The monoisotopic (exact) mass is 678 g/mol. The molecule has 0 spiro atoms. The second-order valence-corrected chi connectivity index (χ2v) is 11.9. The summed E-state index contributed by atoms with van der Waals surface area (Å²) < 4.78 is 39.8. The molecule has 5 heterocycles. The van der Waals surface area contributed by atoms with Gasteiger partial charge in [-0.05, 0) is 48.4 Å². The van der Waals surface area contributed by atoms with Crippen LogP contribution in [0, 0.1) is 0 Å². The topological polar surface area (TPSA) is 169 Å². The van der Waals surface area contributed by atoms with Crippen molar-refractivity contribution in [3.63, 3.8) is 0 Å². The lowest BCUT2D eigenvalue weighted by Crippen LogP contribution is -2.26. The fourth-order valence-electron chi connectivity index (χ4n) is 4.95. The molecule has 0 bridgehead atoms. The third-order valence-corrected chi connectivity index (χ3v) is 8.09. The maximum absolute atomic E-state index is 12.8. The molecule has 2 amide bonds. The first-order valence-electron chi connectivity index (χ1n) is 14.9. The van der Waals surface area contributed by atoms with E-state index in [1.54, 1.807) is 36.7 Å². The standard InChI is InChI=1S/C30H29F3N12O2S/c31-30(32,33)20-6-4-19(5-7-20)16-45-18-23(38-43-45)8-11-26(46)36-24-9-10-25(40-39-24)44-14-12-22(17-44)35-28-41-42-29(48-28)37-27(47)15-21-3-1-2-13-34-21/h1-7,9-10,13,18,22H,8,11-12,14-17H2,(H,35,41)(H,36,39,46)(H,37,42,47)/t22-/m1/s1. The molecule has 6 rings (SSSR count). The van der Waals surface area contributed by atoms with Crippen molar-refractivity contribution in [3.8, 4) is 0 Å². The van der Waals surface area contributed by atoms with E-state index in [-0.39, 0.29) is 37.2 Å². The summed E-state index contributed by atoms with van der Waals surface area (Å²) in [6.07, 6.45) is 0.332. The molecule has 1 saturated heterocycles. The minimum Gasteiger partial charge on any atom is -0.355 e. The van der Waals surface area contributed by atoms with Gasteiger partial charge in [-0.1, -0.05) is 34.7 Å². The first-order valence-corrected chi connectivity index (χ1v) is 15.7. The molecule has 18 heteroatoms. The van der Waals surface area contributed by atoms with Gasteiger partial charge in [0, 0.05) is 50.1 Å². The molecule has 1 fully saturated rings. The first kappa shape index (κ1) is 32.4. The Balaban J connectivity index is 0.915. The number of alkyl halides is 3. The second-order valence-electron chi connectivity index (χ2n) is 11.0. The van der Waals surface area contributed by atoms with Crippen molar-refractivity contribution in [2.75, 3.05) is 33.9 Å². The number of nitrogens with zero attached hydrogens (tertiary/aromatic N) is 9. The van der Waals surface area contributed by atoms with Gasteiger partial charge >= 0.3 is 6.18 Å². The van der Waals surface area contributed by atoms with Crippen molar-refractivity contribution in [2.45, 2.75) is 44.4 Å². The van der Waals surface area contributed by atoms with Crippen LogP contribution in [-0.4, -0.2) is 71.3 Å². The lowest BCUT2D eigenvalue weighted by molar-refractivity contribution is -0.137. The van der Waals surface area contributed by atoms with E-state index in [0.717, 1.165) is 25.1 Å². The number of hydrogen-bond donors (Lipinski definition) is 3. The summed E-state index contributed by atoms with van der Waals surface area (Å²) in [7, 11) is 0. The van der Waals surface area contributed by atoms with E-state index in [1.165, 1.54) is 28.2 Å². The summed E-state index contributed by atoms with van der Waals surface area (Å²) in [5, 5.41) is 34.5. The van der Waals surface area contributed by atoms with E-state index in [0.29, 0.717) is 51.8 Å². The minimum atomic E-state index is -4.39. The Kier molecular flexibility index (Phi) is 9.79. The van der Waals surface area contributed by atoms with Gasteiger partial charge in [-0.25, -0.2) is 4.68 Å². The predicted molar refractivity (Wildman–Crippen MR) is 170 cm³/mol. The Morgan fingerprint density at radius 3 is 2.48 bits per heavy atom. The number of amides is 2. The van der Waals surface area contributed by atoms with Crippen molar-refractivity contribution in [1.82, 2.24) is 40.4 Å². The van der Waals surface area contributed by atoms with E-state index in [4.69, 9.17) is 0 Å². The Bertz CT molecular complexity index is 1830. The van der Waals surface area contributed by atoms with Gasteiger partial charge in [0.1, 0.15) is 0 Å². The molecule has 0 aliphatic carbocycles. The number of rotatable bonds is 12. The number of pyridine rings is 1. The average Bonchev–Trinajstić information content (AvgIpc) is 3.83. The summed E-state index contributed by atoms with van der Waals surface area (Å²) >= 11 is 1.26. The molecule has 3 N–H and O–H groups in total. The number of nitrogens with one attached hydrogen (secondary N) is 3. The van der Waals surface area contributed by atoms with Crippen molar-refractivity contribution >= 4 is 45.0 Å². The van der Waals surface area contributed by atoms with Gasteiger partial charge in [0.2, 0.25) is 22.1 Å². The van der Waals surface area contributed by atoms with E-state index in [9.17, 15) is 22.8 Å². The third kappa shape index (κ3) is 8.84. The van der Waals surface area contributed by atoms with Crippen LogP contribution in [0.2, 0.25) is 0 Å². The molecule has 248 valence electrons. The largest absolute Gasteiger partial charge is 0.416 e. The number of carbonyl (C=O) groups is 2. The van der Waals surface area contributed by atoms with Gasteiger partial charge in [0.05, 0.1) is 24.2 Å². The average molecular weight is 679 g/mol. The summed E-state index contributed by atoms with van der Waals surface area (Å²) in [6.45, 7) is 1.65. The summed E-state index contributed by atoms with van der Waals surface area (Å²) in [6, 6.07) is 13.8. The minimum absolute atomic E-state index is 0.0871. The van der Waals surface area contributed by atoms with Crippen molar-refractivity contribution in [1.29, 1.82) is 0 Å². The van der Waals surface area contributed by atoms with Crippen LogP contribution >= 0.6 is 11.3 Å². The molecular formula is C30H29F3N12O2S. The Morgan fingerprint density at radius 2 is 1.73 bits per heavy atom. The zero-order valence-electron chi connectivity index (χ0n) is 25.3. The Labute approximate surface area is 275 Å². The highest BCUT2D eigenvalue weighted by molar-refractivity contribution is 7.19. The number of hydrogen-bond acceptors (Lipinski definition) is 12. The third-order valence-electron chi connectivity index (χ3n) is 7.32. The van der Waals surface area contributed by atoms with E-state index in [1.807, 2.05) is 6.07 Å². The van der Waals surface area contributed by atoms with Gasteiger partial charge in [-0.3, -0.25) is 14.6 Å². The molecule has 48 heavy (non-hydrogen) atoms. The fraction of sp³-hybridized carbons (Fsp3) is 0.300. The maximum atomic E-state index is 12.8. The van der Waals surface area contributed by atoms with E-state index >= 15 is 0 Å².